The Morgan fingerprint density at radius 2 is 2.04 bits per heavy atom. The van der Waals surface area contributed by atoms with E-state index in [2.05, 4.69) is 5.32 Å². The lowest BCUT2D eigenvalue weighted by Gasteiger charge is -2.31. The minimum atomic E-state index is -0.129. The van der Waals surface area contributed by atoms with Gasteiger partial charge in [0.2, 0.25) is 5.91 Å². The van der Waals surface area contributed by atoms with Crippen LogP contribution in [-0.2, 0) is 4.79 Å². The first kappa shape index (κ1) is 17.8. The number of piperidine rings is 1. The van der Waals surface area contributed by atoms with Gasteiger partial charge in [0.15, 0.2) is 0 Å². The first-order chi connectivity index (χ1) is 12.1. The molecule has 0 unspecified atom stereocenters. The molecule has 0 spiro atoms. The molecule has 2 aromatic rings. The number of carbonyl (C=O) groups excluding carboxylic acids is 2. The normalized spacial score (nSPS) is 15.0. The van der Waals surface area contributed by atoms with Crippen LogP contribution in [0.1, 0.15) is 22.5 Å². The highest BCUT2D eigenvalue weighted by Gasteiger charge is 2.28. The van der Waals surface area contributed by atoms with Crippen LogP contribution in [0, 0.1) is 5.92 Å². The van der Waals surface area contributed by atoms with Crippen molar-refractivity contribution >= 4 is 40.4 Å². The number of thiophene rings is 1. The van der Waals surface area contributed by atoms with Gasteiger partial charge >= 0.3 is 0 Å². The van der Waals surface area contributed by atoms with Crippen LogP contribution in [-0.4, -0.2) is 36.9 Å². The third kappa shape index (κ3) is 4.14. The number of nitrogens with one attached hydrogen (secondary N) is 1. The molecule has 3 rings (SSSR count). The van der Waals surface area contributed by atoms with Crippen LogP contribution in [0.2, 0.25) is 5.02 Å². The van der Waals surface area contributed by atoms with E-state index in [1.54, 1.807) is 25.3 Å². The van der Waals surface area contributed by atoms with Crippen molar-refractivity contribution in [2.24, 2.45) is 5.92 Å². The molecule has 25 heavy (non-hydrogen) atoms. The van der Waals surface area contributed by atoms with Crippen molar-refractivity contribution in [2.45, 2.75) is 12.8 Å². The largest absolute Gasteiger partial charge is 0.495 e. The molecule has 132 valence electrons. The maximum Gasteiger partial charge on any atom is 0.263 e. The van der Waals surface area contributed by atoms with Crippen molar-refractivity contribution in [1.82, 2.24) is 4.90 Å². The topological polar surface area (TPSA) is 58.6 Å². The Bertz CT molecular complexity index is 756. The van der Waals surface area contributed by atoms with Gasteiger partial charge < -0.3 is 15.0 Å². The smallest absolute Gasteiger partial charge is 0.263 e. The zero-order valence-electron chi connectivity index (χ0n) is 13.8. The van der Waals surface area contributed by atoms with E-state index in [0.717, 1.165) is 4.88 Å². The monoisotopic (exact) mass is 378 g/mol. The molecule has 0 atom stereocenters. The van der Waals surface area contributed by atoms with Crippen LogP contribution in [0.25, 0.3) is 0 Å². The van der Waals surface area contributed by atoms with Gasteiger partial charge in [0, 0.05) is 24.0 Å². The molecule has 7 heteroatoms. The summed E-state index contributed by atoms with van der Waals surface area (Å²) in [5.41, 5.74) is 0.567. The SMILES string of the molecule is COc1ccc(Cl)cc1NC(=O)C1CCN(C(=O)c2cccs2)CC1. The number of likely N-dealkylation sites (tertiary alicyclic amines) is 1. The fourth-order valence-electron chi connectivity index (χ4n) is 2.91. The van der Waals surface area contributed by atoms with Gasteiger partial charge in [0.05, 0.1) is 17.7 Å². The standard InChI is InChI=1S/C18H19ClN2O3S/c1-24-15-5-4-13(19)11-14(15)20-17(22)12-6-8-21(9-7-12)18(23)16-3-2-10-25-16/h2-5,10-12H,6-9H2,1H3,(H,20,22). The molecule has 1 fully saturated rings. The van der Waals surface area contributed by atoms with Crippen LogP contribution in [0.3, 0.4) is 0 Å². The number of halogens is 1. The van der Waals surface area contributed by atoms with Crippen LogP contribution < -0.4 is 10.1 Å². The molecular weight excluding hydrogens is 360 g/mol. The molecule has 2 amide bonds. The Morgan fingerprint density at radius 1 is 1.28 bits per heavy atom. The number of methoxy groups -OCH3 is 1. The Morgan fingerprint density at radius 3 is 2.68 bits per heavy atom. The second-order valence-corrected chi connectivity index (χ2v) is 7.26. The molecule has 0 radical (unpaired) electrons. The molecule has 0 aliphatic carbocycles. The van der Waals surface area contributed by atoms with Gasteiger partial charge in [0.1, 0.15) is 5.75 Å². The summed E-state index contributed by atoms with van der Waals surface area (Å²) in [7, 11) is 1.55. The number of nitrogens with zero attached hydrogens (tertiary/aromatic N) is 1. The average molecular weight is 379 g/mol. The number of anilines is 1. The zero-order chi connectivity index (χ0) is 17.8. The lowest BCUT2D eigenvalue weighted by Crippen LogP contribution is -2.41. The van der Waals surface area contributed by atoms with Crippen LogP contribution in [0.15, 0.2) is 35.7 Å². The van der Waals surface area contributed by atoms with Gasteiger partial charge in [0.25, 0.3) is 5.91 Å². The minimum absolute atomic E-state index is 0.0466. The molecule has 1 aliphatic heterocycles. The maximum atomic E-state index is 12.5. The lowest BCUT2D eigenvalue weighted by molar-refractivity contribution is -0.121. The number of amides is 2. The van der Waals surface area contributed by atoms with E-state index >= 15 is 0 Å². The minimum Gasteiger partial charge on any atom is -0.495 e. The van der Waals surface area contributed by atoms with Crippen LogP contribution >= 0.6 is 22.9 Å². The predicted molar refractivity (Wildman–Crippen MR) is 99.6 cm³/mol. The third-order valence-corrected chi connectivity index (χ3v) is 5.40. The van der Waals surface area contributed by atoms with Gasteiger partial charge in [-0.25, -0.2) is 0 Å². The maximum absolute atomic E-state index is 12.5. The van der Waals surface area contributed by atoms with Gasteiger partial charge in [-0.3, -0.25) is 9.59 Å². The van der Waals surface area contributed by atoms with E-state index in [9.17, 15) is 9.59 Å². The fourth-order valence-corrected chi connectivity index (χ4v) is 3.78. The second kappa shape index (κ2) is 7.89. The summed E-state index contributed by atoms with van der Waals surface area (Å²) in [6, 6.07) is 8.81. The summed E-state index contributed by atoms with van der Waals surface area (Å²) in [5, 5.41) is 5.32. The lowest BCUT2D eigenvalue weighted by atomic mass is 9.95. The summed E-state index contributed by atoms with van der Waals surface area (Å²) < 4.78 is 5.25. The molecule has 1 aromatic heterocycles. The van der Waals surface area contributed by atoms with Crippen molar-refractivity contribution in [2.75, 3.05) is 25.5 Å². The summed E-state index contributed by atoms with van der Waals surface area (Å²) >= 11 is 7.44. The molecule has 1 aliphatic rings. The van der Waals surface area contributed by atoms with Gasteiger partial charge in [-0.1, -0.05) is 17.7 Å². The van der Waals surface area contributed by atoms with Gasteiger partial charge in [-0.05, 0) is 42.5 Å². The highest BCUT2D eigenvalue weighted by atomic mass is 35.5. The Labute approximate surface area is 155 Å². The number of carbonyl (C=O) groups is 2. The molecule has 0 bridgehead atoms. The first-order valence-corrected chi connectivity index (χ1v) is 9.31. The predicted octanol–water partition coefficient (Wildman–Crippen LogP) is 3.90. The van der Waals surface area contributed by atoms with Crippen LogP contribution in [0.4, 0.5) is 5.69 Å². The number of hydrogen-bond acceptors (Lipinski definition) is 4. The van der Waals surface area contributed by atoms with Gasteiger partial charge in [-0.15, -0.1) is 11.3 Å². The Balaban J connectivity index is 1.59. The van der Waals surface area contributed by atoms with E-state index in [1.807, 2.05) is 22.4 Å². The summed E-state index contributed by atoms with van der Waals surface area (Å²) in [6.45, 7) is 1.17. The number of rotatable bonds is 4. The van der Waals surface area contributed by atoms with E-state index < -0.39 is 0 Å². The number of benzene rings is 1. The number of ether oxygens (including phenoxy) is 1. The molecule has 1 N–H and O–H groups in total. The molecule has 1 aromatic carbocycles. The summed E-state index contributed by atoms with van der Waals surface area (Å²) in [4.78, 5) is 27.5. The molecular formula is C18H19ClN2O3S. The average Bonchev–Trinajstić information content (AvgIpc) is 3.16. The van der Waals surface area contributed by atoms with E-state index in [4.69, 9.17) is 16.3 Å². The molecule has 2 heterocycles. The third-order valence-electron chi connectivity index (χ3n) is 4.30. The van der Waals surface area contributed by atoms with E-state index in [0.29, 0.717) is 42.4 Å². The highest BCUT2D eigenvalue weighted by Crippen LogP contribution is 2.29. The molecule has 1 saturated heterocycles. The Kier molecular flexibility index (Phi) is 5.60. The fraction of sp³-hybridized carbons (Fsp3) is 0.333. The van der Waals surface area contributed by atoms with Crippen LogP contribution in [0.5, 0.6) is 5.75 Å². The summed E-state index contributed by atoms with van der Waals surface area (Å²) in [5.74, 6) is 0.424. The quantitative estimate of drug-likeness (QED) is 0.877. The van der Waals surface area contributed by atoms with Crippen molar-refractivity contribution in [3.05, 3.63) is 45.6 Å². The Hall–Kier alpha value is -2.05. The van der Waals surface area contributed by atoms with E-state index in [1.165, 1.54) is 11.3 Å². The van der Waals surface area contributed by atoms with Gasteiger partial charge in [-0.2, -0.15) is 0 Å². The molecule has 5 nitrogen and oxygen atoms in total. The van der Waals surface area contributed by atoms with E-state index in [-0.39, 0.29) is 17.7 Å². The summed E-state index contributed by atoms with van der Waals surface area (Å²) in [6.07, 6.45) is 1.29. The number of hydrogen-bond donors (Lipinski definition) is 1. The zero-order valence-corrected chi connectivity index (χ0v) is 15.4. The highest BCUT2D eigenvalue weighted by molar-refractivity contribution is 7.12. The van der Waals surface area contributed by atoms with Crippen molar-refractivity contribution < 1.29 is 14.3 Å². The van der Waals surface area contributed by atoms with Crippen molar-refractivity contribution in [1.29, 1.82) is 0 Å². The molecule has 0 saturated carbocycles. The second-order valence-electron chi connectivity index (χ2n) is 5.88. The first-order valence-electron chi connectivity index (χ1n) is 8.05. The van der Waals surface area contributed by atoms with Crippen molar-refractivity contribution in [3.63, 3.8) is 0 Å². The van der Waals surface area contributed by atoms with Crippen molar-refractivity contribution in [3.8, 4) is 5.75 Å².